The van der Waals surface area contributed by atoms with Gasteiger partial charge in [-0.3, -0.25) is 9.67 Å². The van der Waals surface area contributed by atoms with Gasteiger partial charge in [-0.25, -0.2) is 4.39 Å². The van der Waals surface area contributed by atoms with Gasteiger partial charge in [-0.15, -0.1) is 0 Å². The summed E-state index contributed by atoms with van der Waals surface area (Å²) in [7, 11) is 0. The smallest absolute Gasteiger partial charge is 0.195 e. The molecule has 0 unspecified atom stereocenters. The minimum absolute atomic E-state index is 0.134. The van der Waals surface area contributed by atoms with Crippen LogP contribution in [0.1, 0.15) is 29.4 Å². The second-order valence-corrected chi connectivity index (χ2v) is 4.81. The molecule has 0 aliphatic carbocycles. The third kappa shape index (κ3) is 2.36. The van der Waals surface area contributed by atoms with E-state index in [2.05, 4.69) is 10.2 Å². The number of benzene rings is 1. The largest absolute Gasteiger partial charge is 0.300 e. The molecule has 0 saturated carbocycles. The molecule has 0 atom stereocenters. The summed E-state index contributed by atoms with van der Waals surface area (Å²) >= 11 is 5.20. The van der Waals surface area contributed by atoms with Crippen molar-refractivity contribution in [1.82, 2.24) is 14.8 Å². The maximum absolute atomic E-state index is 13.6. The van der Waals surface area contributed by atoms with Crippen LogP contribution < -0.4 is 0 Å². The van der Waals surface area contributed by atoms with Crippen LogP contribution in [0.15, 0.2) is 12.1 Å². The first-order chi connectivity index (χ1) is 8.52. The average Bonchev–Trinajstić information content (AvgIpc) is 2.67. The second kappa shape index (κ2) is 5.02. The summed E-state index contributed by atoms with van der Waals surface area (Å²) in [5, 5.41) is 6.96. The Kier molecular flexibility index (Phi) is 3.61. The molecule has 2 rings (SSSR count). The van der Waals surface area contributed by atoms with Crippen molar-refractivity contribution in [1.29, 1.82) is 0 Å². The molecule has 0 spiro atoms. The molecule has 0 aliphatic rings. The van der Waals surface area contributed by atoms with E-state index in [9.17, 15) is 4.39 Å². The highest BCUT2D eigenvalue weighted by Crippen LogP contribution is 2.16. The number of H-pyrrole nitrogens is 1. The van der Waals surface area contributed by atoms with Crippen LogP contribution in [0.3, 0.4) is 0 Å². The average molecular weight is 265 g/mol. The van der Waals surface area contributed by atoms with Crippen molar-refractivity contribution >= 4 is 12.2 Å². The molecule has 0 bridgehead atoms. The van der Waals surface area contributed by atoms with Gasteiger partial charge >= 0.3 is 0 Å². The molecular weight excluding hydrogens is 249 g/mol. The Bertz CT molecular complexity index is 604. The topological polar surface area (TPSA) is 33.6 Å². The monoisotopic (exact) mass is 265 g/mol. The van der Waals surface area contributed by atoms with E-state index >= 15 is 0 Å². The highest BCUT2D eigenvalue weighted by molar-refractivity contribution is 7.71. The normalized spacial score (nSPS) is 10.9. The van der Waals surface area contributed by atoms with Gasteiger partial charge in [0.1, 0.15) is 11.6 Å². The molecule has 0 radical (unpaired) electrons. The van der Waals surface area contributed by atoms with Crippen LogP contribution in [0.25, 0.3) is 0 Å². The molecule has 1 aromatic heterocycles. The predicted octanol–water partition coefficient (Wildman–Crippen LogP) is 3.31. The second-order valence-electron chi connectivity index (χ2n) is 4.43. The summed E-state index contributed by atoms with van der Waals surface area (Å²) in [4.78, 5) is 0. The molecule has 0 amide bonds. The highest BCUT2D eigenvalue weighted by atomic mass is 32.1. The van der Waals surface area contributed by atoms with Crippen molar-refractivity contribution in [3.05, 3.63) is 45.2 Å². The molecule has 18 heavy (non-hydrogen) atoms. The summed E-state index contributed by atoms with van der Waals surface area (Å²) < 4.78 is 16.1. The van der Waals surface area contributed by atoms with Crippen LogP contribution >= 0.6 is 12.2 Å². The molecule has 0 saturated heterocycles. The Morgan fingerprint density at radius 3 is 2.50 bits per heavy atom. The Morgan fingerprint density at radius 2 is 1.94 bits per heavy atom. The molecule has 1 heterocycles. The van der Waals surface area contributed by atoms with Gasteiger partial charge in [-0.2, -0.15) is 5.10 Å². The first-order valence-corrected chi connectivity index (χ1v) is 6.33. The van der Waals surface area contributed by atoms with Crippen LogP contribution in [0, 0.1) is 24.4 Å². The number of hydrogen-bond acceptors (Lipinski definition) is 2. The Morgan fingerprint density at radius 1 is 1.33 bits per heavy atom. The Hall–Kier alpha value is -1.49. The summed E-state index contributed by atoms with van der Waals surface area (Å²) in [5.74, 6) is 0.782. The standard InChI is InChI=1S/C13H16FN3S/c1-4-11-15-16-13(18)17(11)7-10-5-8(2)12(14)9(3)6-10/h5-6H,4,7H2,1-3H3,(H,16,18). The third-order valence-corrected chi connectivity index (χ3v) is 3.30. The van der Waals surface area contributed by atoms with Crippen molar-refractivity contribution in [3.63, 3.8) is 0 Å². The van der Waals surface area contributed by atoms with E-state index in [4.69, 9.17) is 12.2 Å². The maximum atomic E-state index is 13.6. The van der Waals surface area contributed by atoms with Gasteiger partial charge in [0.05, 0.1) is 6.54 Å². The lowest BCUT2D eigenvalue weighted by Gasteiger charge is -2.09. The summed E-state index contributed by atoms with van der Waals surface area (Å²) in [6.07, 6.45) is 0.812. The third-order valence-electron chi connectivity index (χ3n) is 2.99. The van der Waals surface area contributed by atoms with Crippen LogP contribution in [0.5, 0.6) is 0 Å². The van der Waals surface area contributed by atoms with E-state index in [0.29, 0.717) is 22.4 Å². The first kappa shape index (κ1) is 13.0. The molecule has 0 aliphatic heterocycles. The van der Waals surface area contributed by atoms with Gasteiger partial charge in [-0.1, -0.05) is 19.1 Å². The van der Waals surface area contributed by atoms with Crippen LogP contribution in [0.4, 0.5) is 4.39 Å². The summed E-state index contributed by atoms with van der Waals surface area (Å²) in [6.45, 7) is 6.21. The lowest BCUT2D eigenvalue weighted by atomic mass is 10.1. The number of nitrogens with zero attached hydrogens (tertiary/aromatic N) is 2. The Balaban J connectivity index is 2.40. The highest BCUT2D eigenvalue weighted by Gasteiger charge is 2.08. The van der Waals surface area contributed by atoms with E-state index in [-0.39, 0.29) is 5.82 Å². The number of rotatable bonds is 3. The molecule has 1 aromatic carbocycles. The van der Waals surface area contributed by atoms with Crippen LogP contribution in [0.2, 0.25) is 0 Å². The fourth-order valence-corrected chi connectivity index (χ4v) is 2.31. The van der Waals surface area contributed by atoms with Crippen LogP contribution in [-0.4, -0.2) is 14.8 Å². The van der Waals surface area contributed by atoms with Gasteiger partial charge in [0.15, 0.2) is 4.77 Å². The lowest BCUT2D eigenvalue weighted by molar-refractivity contribution is 0.606. The number of aromatic nitrogens is 3. The number of aryl methyl sites for hydroxylation is 3. The SMILES string of the molecule is CCc1n[nH]c(=S)n1Cc1cc(C)c(F)c(C)c1. The quantitative estimate of drug-likeness (QED) is 0.864. The zero-order valence-corrected chi connectivity index (χ0v) is 11.6. The maximum Gasteiger partial charge on any atom is 0.195 e. The van der Waals surface area contributed by atoms with Gasteiger partial charge in [0.25, 0.3) is 0 Å². The zero-order valence-electron chi connectivity index (χ0n) is 10.7. The van der Waals surface area contributed by atoms with Crippen molar-refractivity contribution in [2.45, 2.75) is 33.7 Å². The van der Waals surface area contributed by atoms with Crippen molar-refractivity contribution < 1.29 is 4.39 Å². The number of aromatic amines is 1. The minimum Gasteiger partial charge on any atom is -0.300 e. The molecule has 96 valence electrons. The van der Waals surface area contributed by atoms with Gasteiger partial charge in [0, 0.05) is 6.42 Å². The minimum atomic E-state index is -0.134. The van der Waals surface area contributed by atoms with E-state index < -0.39 is 0 Å². The molecule has 1 N–H and O–H groups in total. The van der Waals surface area contributed by atoms with E-state index in [1.54, 1.807) is 13.8 Å². The Labute approximate surface area is 111 Å². The number of halogens is 1. The van der Waals surface area contributed by atoms with Gasteiger partial charge in [-0.05, 0) is 42.8 Å². The predicted molar refractivity (Wildman–Crippen MR) is 71.8 cm³/mol. The summed E-state index contributed by atoms with van der Waals surface area (Å²) in [5.41, 5.74) is 2.37. The molecule has 5 heteroatoms. The van der Waals surface area contributed by atoms with E-state index in [1.807, 2.05) is 23.6 Å². The van der Waals surface area contributed by atoms with Gasteiger partial charge < -0.3 is 0 Å². The zero-order chi connectivity index (χ0) is 13.3. The van der Waals surface area contributed by atoms with Crippen LogP contribution in [-0.2, 0) is 13.0 Å². The number of hydrogen-bond donors (Lipinski definition) is 1. The van der Waals surface area contributed by atoms with Crippen molar-refractivity contribution in [3.8, 4) is 0 Å². The van der Waals surface area contributed by atoms with E-state index in [1.165, 1.54) is 0 Å². The molecule has 2 aromatic rings. The molecular formula is C13H16FN3S. The van der Waals surface area contributed by atoms with Gasteiger partial charge in [0.2, 0.25) is 0 Å². The molecule has 0 fully saturated rings. The summed E-state index contributed by atoms with van der Waals surface area (Å²) in [6, 6.07) is 3.72. The number of nitrogens with one attached hydrogen (secondary N) is 1. The lowest BCUT2D eigenvalue weighted by Crippen LogP contribution is -2.05. The van der Waals surface area contributed by atoms with Crippen molar-refractivity contribution in [2.24, 2.45) is 0 Å². The molecule has 3 nitrogen and oxygen atoms in total. The first-order valence-electron chi connectivity index (χ1n) is 5.92. The fraction of sp³-hybridized carbons (Fsp3) is 0.385. The fourth-order valence-electron chi connectivity index (χ4n) is 2.09. The van der Waals surface area contributed by atoms with Crippen molar-refractivity contribution in [2.75, 3.05) is 0 Å². The van der Waals surface area contributed by atoms with E-state index in [0.717, 1.165) is 17.8 Å².